The summed E-state index contributed by atoms with van der Waals surface area (Å²) in [6.45, 7) is 16.9. The lowest BCUT2D eigenvalue weighted by Crippen LogP contribution is -2.57. The number of rotatable bonds is 16. The van der Waals surface area contributed by atoms with Crippen LogP contribution in [0.3, 0.4) is 0 Å². The van der Waals surface area contributed by atoms with E-state index >= 15 is 0 Å². The van der Waals surface area contributed by atoms with Gasteiger partial charge in [-0.15, -0.1) is 32.9 Å². The van der Waals surface area contributed by atoms with Crippen LogP contribution in [0.5, 0.6) is 5.75 Å². The van der Waals surface area contributed by atoms with E-state index in [1.807, 2.05) is 100 Å². The number of carbonyl (C=O) groups is 5. The number of amides is 4. The van der Waals surface area contributed by atoms with E-state index in [0.717, 1.165) is 59.7 Å². The molecular weight excluding hydrogens is 1040 g/mol. The molecule has 5 atom stereocenters. The summed E-state index contributed by atoms with van der Waals surface area (Å²) in [5, 5.41) is 30.0. The second-order valence-electron chi connectivity index (χ2n) is 21.6. The van der Waals surface area contributed by atoms with Crippen LogP contribution in [0.15, 0.2) is 87.7 Å². The van der Waals surface area contributed by atoms with E-state index in [2.05, 4.69) is 49.9 Å². The number of carbonyl (C=O) groups excluding carboxylic acids is 5. The number of likely N-dealkylation sites (tertiary alicyclic amines) is 1. The van der Waals surface area contributed by atoms with Gasteiger partial charge < -0.3 is 44.7 Å². The third-order valence-electron chi connectivity index (χ3n) is 15.0. The van der Waals surface area contributed by atoms with Crippen molar-refractivity contribution in [1.29, 1.82) is 0 Å². The summed E-state index contributed by atoms with van der Waals surface area (Å²) in [4.78, 5) is 83.0. The Bertz CT molecular complexity index is 3490. The molecule has 79 heavy (non-hydrogen) atoms. The molecular formula is C58H64N10O9S2. The average molecular weight is 1110 g/mol. The van der Waals surface area contributed by atoms with Crippen LogP contribution in [-0.2, 0) is 23.9 Å². The number of β-amino-alcohol motifs (C(OH)–C–C–N with tert-alkyl or cyclic N) is 1. The van der Waals surface area contributed by atoms with E-state index in [0.29, 0.717) is 41.5 Å². The predicted octanol–water partition coefficient (Wildman–Crippen LogP) is 7.50. The SMILES string of the molecule is COC(=O)C[C@@H]1N=C(c2ccc(N3CC(C(=O)NCCOc4ccc5oc(C(=O)N[C@H](C(=O)N6C[C@H](O)C[C@H]6C(=O)N[C@@H](C)c6ccc(-c7scnc7C)cc6)C(C)(C)C)cc5c4)C3)cc2)c2c(sc(C)c2C)-n2c(C)nnc21. The Kier molecular flexibility index (Phi) is 15.3. The average Bonchev–Trinajstić information content (AvgIpc) is 4.35. The van der Waals surface area contributed by atoms with Gasteiger partial charge in [0.25, 0.3) is 5.91 Å². The van der Waals surface area contributed by atoms with Crippen LogP contribution in [-0.4, -0.2) is 123 Å². The molecule has 19 nitrogen and oxygen atoms in total. The van der Waals surface area contributed by atoms with Crippen molar-refractivity contribution in [3.8, 4) is 21.2 Å². The van der Waals surface area contributed by atoms with Gasteiger partial charge in [0.1, 0.15) is 46.9 Å². The highest BCUT2D eigenvalue weighted by atomic mass is 32.1. The molecule has 10 rings (SSSR count). The zero-order valence-corrected chi connectivity index (χ0v) is 47.2. The molecule has 0 radical (unpaired) electrons. The van der Waals surface area contributed by atoms with Crippen molar-refractivity contribution in [2.45, 2.75) is 98.5 Å². The molecule has 4 aromatic heterocycles. The number of furan rings is 1. The van der Waals surface area contributed by atoms with Gasteiger partial charge in [-0.3, -0.25) is 33.5 Å². The molecule has 7 heterocycles. The van der Waals surface area contributed by atoms with Crippen LogP contribution in [0.25, 0.3) is 26.4 Å². The highest BCUT2D eigenvalue weighted by molar-refractivity contribution is 7.15. The molecule has 4 N–H and O–H groups in total. The Labute approximate surface area is 465 Å². The first-order valence-corrected chi connectivity index (χ1v) is 28.0. The van der Waals surface area contributed by atoms with Crippen molar-refractivity contribution >= 4 is 74.6 Å². The lowest BCUT2D eigenvalue weighted by molar-refractivity contribution is -0.142. The summed E-state index contributed by atoms with van der Waals surface area (Å²) < 4.78 is 19.0. The number of aryl methyl sites for hydroxylation is 3. The number of aliphatic hydroxyl groups is 1. The van der Waals surface area contributed by atoms with E-state index in [-0.39, 0.29) is 62.1 Å². The summed E-state index contributed by atoms with van der Waals surface area (Å²) >= 11 is 3.21. The maximum absolute atomic E-state index is 14.4. The van der Waals surface area contributed by atoms with Crippen molar-refractivity contribution in [1.82, 2.24) is 40.6 Å². The molecule has 21 heteroatoms. The molecule has 3 aromatic carbocycles. The van der Waals surface area contributed by atoms with Crippen molar-refractivity contribution < 1.29 is 43.0 Å². The van der Waals surface area contributed by atoms with Gasteiger partial charge in [-0.2, -0.15) is 0 Å². The number of thiophene rings is 1. The third-order valence-corrected chi connectivity index (χ3v) is 17.2. The standard InChI is InChI=1S/C58H64N10O9S2/c1-30-33(4)79-57-48(30)49(62-43(25-47(70)75-9)52-65-64-34(5)68(52)57)36-14-16-40(17-15-36)66-26-39(27-66)53(71)59-20-21-76-42-18-19-45-38(22-42)23-46(77-45)55(73)63-51(58(6,7)8)56(74)67-28-41(69)24-44(67)54(72)61-31(2)35-10-12-37(13-11-35)50-32(3)60-29-78-50/h10-19,22-23,29,31,39,41,43-44,51,69H,20-21,24-28H2,1-9H3,(H,59,71)(H,61,72)(H,63,73)/t31-,41+,43-,44-,51+/m0/s1. The molecule has 0 saturated carbocycles. The Morgan fingerprint density at radius 2 is 1.63 bits per heavy atom. The van der Waals surface area contributed by atoms with Crippen molar-refractivity contribution in [2.24, 2.45) is 16.3 Å². The minimum Gasteiger partial charge on any atom is -0.492 e. The molecule has 3 aliphatic rings. The highest BCUT2D eigenvalue weighted by Gasteiger charge is 2.45. The Hall–Kier alpha value is -7.75. The predicted molar refractivity (Wildman–Crippen MR) is 301 cm³/mol. The number of aromatic nitrogens is 4. The summed E-state index contributed by atoms with van der Waals surface area (Å²) in [7, 11) is 1.36. The van der Waals surface area contributed by atoms with Gasteiger partial charge in [-0.25, -0.2) is 4.98 Å². The van der Waals surface area contributed by atoms with Crippen LogP contribution in [0.4, 0.5) is 5.69 Å². The highest BCUT2D eigenvalue weighted by Crippen LogP contribution is 2.40. The van der Waals surface area contributed by atoms with Gasteiger partial charge in [-0.05, 0) is 93.1 Å². The van der Waals surface area contributed by atoms with E-state index in [9.17, 15) is 29.1 Å². The van der Waals surface area contributed by atoms with Gasteiger partial charge in [0, 0.05) is 53.1 Å². The van der Waals surface area contributed by atoms with E-state index in [1.165, 1.54) is 12.0 Å². The fourth-order valence-corrected chi connectivity index (χ4v) is 12.4. The van der Waals surface area contributed by atoms with Gasteiger partial charge >= 0.3 is 5.97 Å². The Morgan fingerprint density at radius 1 is 0.899 bits per heavy atom. The summed E-state index contributed by atoms with van der Waals surface area (Å²) in [6, 6.07) is 19.8. The van der Waals surface area contributed by atoms with Crippen LogP contribution < -0.4 is 25.6 Å². The minimum absolute atomic E-state index is 0.0169. The smallest absolute Gasteiger partial charge is 0.308 e. The summed E-state index contributed by atoms with van der Waals surface area (Å²) in [5.41, 5.74) is 9.06. The minimum atomic E-state index is -1.07. The second kappa shape index (κ2) is 22.2. The van der Waals surface area contributed by atoms with Crippen molar-refractivity contribution in [3.05, 3.63) is 129 Å². The molecule has 2 fully saturated rings. The Morgan fingerprint density at radius 3 is 2.33 bits per heavy atom. The fraction of sp³-hybridized carbons (Fsp3) is 0.397. The zero-order valence-electron chi connectivity index (χ0n) is 45.6. The molecule has 2 saturated heterocycles. The zero-order chi connectivity index (χ0) is 56.0. The second-order valence-corrected chi connectivity index (χ2v) is 23.6. The first kappa shape index (κ1) is 54.6. The number of aliphatic hydroxyl groups excluding tert-OH is 1. The normalized spacial score (nSPS) is 17.9. The van der Waals surface area contributed by atoms with Crippen LogP contribution in [0.1, 0.15) is 108 Å². The largest absolute Gasteiger partial charge is 0.492 e. The third kappa shape index (κ3) is 11.2. The topological polar surface area (TPSA) is 236 Å². The number of anilines is 1. The number of nitrogens with one attached hydrogen (secondary N) is 3. The fourth-order valence-electron chi connectivity index (χ4n) is 10.4. The summed E-state index contributed by atoms with van der Waals surface area (Å²) in [5.74, 6) is -0.356. The van der Waals surface area contributed by atoms with Crippen LogP contribution >= 0.6 is 22.7 Å². The number of ether oxygens (including phenoxy) is 2. The van der Waals surface area contributed by atoms with Gasteiger partial charge in [-0.1, -0.05) is 57.2 Å². The van der Waals surface area contributed by atoms with E-state index in [4.69, 9.17) is 18.9 Å². The number of hydrogen-bond donors (Lipinski definition) is 4. The number of benzene rings is 3. The lowest BCUT2D eigenvalue weighted by atomic mass is 9.85. The molecule has 4 amide bonds. The molecule has 7 aromatic rings. The van der Waals surface area contributed by atoms with Gasteiger partial charge in [0.2, 0.25) is 17.7 Å². The van der Waals surface area contributed by atoms with E-state index < -0.39 is 47.4 Å². The quantitative estimate of drug-likeness (QED) is 0.0543. The van der Waals surface area contributed by atoms with Crippen molar-refractivity contribution in [3.63, 3.8) is 0 Å². The van der Waals surface area contributed by atoms with E-state index in [1.54, 1.807) is 46.9 Å². The number of esters is 1. The number of nitrogens with zero attached hydrogens (tertiary/aromatic N) is 7. The Balaban J connectivity index is 0.708. The number of methoxy groups -OCH3 is 1. The monoisotopic (exact) mass is 1110 g/mol. The number of fused-ring (bicyclic) bond motifs is 4. The molecule has 0 bridgehead atoms. The molecule has 0 aliphatic carbocycles. The number of thiazole rings is 1. The molecule has 412 valence electrons. The number of aliphatic imine (C=N–C) groups is 1. The molecule has 3 aliphatic heterocycles. The first-order chi connectivity index (χ1) is 37.8. The summed E-state index contributed by atoms with van der Waals surface area (Å²) in [6.07, 6.45) is -0.840. The maximum atomic E-state index is 14.4. The molecule has 0 spiro atoms. The van der Waals surface area contributed by atoms with Gasteiger partial charge in [0.05, 0.1) is 59.9 Å². The molecule has 0 unspecified atom stereocenters. The van der Waals surface area contributed by atoms with Gasteiger partial charge in [0.15, 0.2) is 11.6 Å². The van der Waals surface area contributed by atoms with Crippen molar-refractivity contribution in [2.75, 3.05) is 44.8 Å². The van der Waals surface area contributed by atoms with Crippen LogP contribution in [0, 0.1) is 39.0 Å². The first-order valence-electron chi connectivity index (χ1n) is 26.3. The lowest BCUT2D eigenvalue weighted by Gasteiger charge is -2.40. The van der Waals surface area contributed by atoms with Crippen LogP contribution in [0.2, 0.25) is 0 Å². The maximum Gasteiger partial charge on any atom is 0.308 e. The number of hydrogen-bond acceptors (Lipinski definition) is 16.